The van der Waals surface area contributed by atoms with Crippen LogP contribution in [0.4, 0.5) is 5.69 Å². The van der Waals surface area contributed by atoms with Gasteiger partial charge in [0.2, 0.25) is 5.88 Å². The summed E-state index contributed by atoms with van der Waals surface area (Å²) in [5, 5.41) is 7.83. The normalized spacial score (nSPS) is 10.3. The largest absolute Gasteiger partial charge is 0.480 e. The summed E-state index contributed by atoms with van der Waals surface area (Å²) < 4.78 is 7.07. The Morgan fingerprint density at radius 2 is 1.95 bits per heavy atom. The lowest BCUT2D eigenvalue weighted by Gasteiger charge is -2.08. The van der Waals surface area contributed by atoms with Crippen LogP contribution in [0.1, 0.15) is 5.69 Å². The van der Waals surface area contributed by atoms with Gasteiger partial charge in [0.05, 0.1) is 30.7 Å². The highest BCUT2D eigenvalue weighted by molar-refractivity contribution is 5.52. The predicted molar refractivity (Wildman–Crippen MR) is 81.7 cm³/mol. The molecule has 0 aliphatic heterocycles. The Balaban J connectivity index is 1.71. The van der Waals surface area contributed by atoms with Crippen molar-refractivity contribution in [3.8, 4) is 11.6 Å². The Bertz CT molecular complexity index is 709. The van der Waals surface area contributed by atoms with E-state index in [2.05, 4.69) is 15.4 Å². The molecule has 0 unspecified atom stereocenters. The van der Waals surface area contributed by atoms with Crippen LogP contribution in [0, 0.1) is 0 Å². The van der Waals surface area contributed by atoms with E-state index in [0.29, 0.717) is 12.4 Å². The zero-order valence-electron chi connectivity index (χ0n) is 11.7. The zero-order chi connectivity index (χ0) is 14.5. The highest BCUT2D eigenvalue weighted by Gasteiger charge is 2.04. The molecule has 21 heavy (non-hydrogen) atoms. The zero-order valence-corrected chi connectivity index (χ0v) is 11.7. The van der Waals surface area contributed by atoms with Gasteiger partial charge in [-0.15, -0.1) is 0 Å². The summed E-state index contributed by atoms with van der Waals surface area (Å²) in [4.78, 5) is 4.15. The molecule has 5 nitrogen and oxygen atoms in total. The van der Waals surface area contributed by atoms with Gasteiger partial charge < -0.3 is 10.1 Å². The molecule has 0 atom stereocenters. The number of hydrogen-bond donors (Lipinski definition) is 1. The number of rotatable bonds is 5. The first-order valence-corrected chi connectivity index (χ1v) is 6.69. The Morgan fingerprint density at radius 3 is 2.76 bits per heavy atom. The number of anilines is 1. The first-order chi connectivity index (χ1) is 10.4. The number of aromatic nitrogens is 3. The fourth-order valence-electron chi connectivity index (χ4n) is 2.05. The van der Waals surface area contributed by atoms with Crippen molar-refractivity contribution in [3.05, 3.63) is 66.6 Å². The number of benzene rings is 1. The van der Waals surface area contributed by atoms with E-state index in [1.165, 1.54) is 0 Å². The van der Waals surface area contributed by atoms with Gasteiger partial charge in [0.25, 0.3) is 0 Å². The van der Waals surface area contributed by atoms with Crippen molar-refractivity contribution in [1.82, 2.24) is 14.8 Å². The lowest BCUT2D eigenvalue weighted by Crippen LogP contribution is -2.04. The molecule has 3 rings (SSSR count). The molecule has 0 amide bonds. The second-order valence-corrected chi connectivity index (χ2v) is 4.50. The van der Waals surface area contributed by atoms with E-state index in [1.807, 2.05) is 59.4 Å². The van der Waals surface area contributed by atoms with Gasteiger partial charge >= 0.3 is 0 Å². The van der Waals surface area contributed by atoms with Crippen LogP contribution in [-0.2, 0) is 6.54 Å². The topological polar surface area (TPSA) is 52.0 Å². The standard InChI is InChI=1S/C16H16N4O/c1-21-16-15(8-5-10-17-16)18-12-13-9-11-20(19-13)14-6-3-2-4-7-14/h2-11,18H,12H2,1H3. The first kappa shape index (κ1) is 13.2. The van der Waals surface area contributed by atoms with Crippen molar-refractivity contribution in [1.29, 1.82) is 0 Å². The van der Waals surface area contributed by atoms with Gasteiger partial charge in [-0.05, 0) is 30.3 Å². The number of hydrogen-bond acceptors (Lipinski definition) is 4. The van der Waals surface area contributed by atoms with Crippen LogP contribution in [0.15, 0.2) is 60.9 Å². The Morgan fingerprint density at radius 1 is 1.10 bits per heavy atom. The third-order valence-electron chi connectivity index (χ3n) is 3.09. The number of nitrogens with one attached hydrogen (secondary N) is 1. The summed E-state index contributed by atoms with van der Waals surface area (Å²) in [5.74, 6) is 0.583. The maximum Gasteiger partial charge on any atom is 0.237 e. The molecule has 1 N–H and O–H groups in total. The van der Waals surface area contributed by atoms with Gasteiger partial charge in [0.15, 0.2) is 0 Å². The van der Waals surface area contributed by atoms with E-state index in [9.17, 15) is 0 Å². The van der Waals surface area contributed by atoms with E-state index in [1.54, 1.807) is 13.3 Å². The average molecular weight is 280 g/mol. The fourth-order valence-corrected chi connectivity index (χ4v) is 2.05. The van der Waals surface area contributed by atoms with Gasteiger partial charge in [-0.25, -0.2) is 9.67 Å². The van der Waals surface area contributed by atoms with Crippen molar-refractivity contribution in [3.63, 3.8) is 0 Å². The molecule has 0 bridgehead atoms. The number of methoxy groups -OCH3 is 1. The van der Waals surface area contributed by atoms with Crippen molar-refractivity contribution in [2.75, 3.05) is 12.4 Å². The van der Waals surface area contributed by atoms with Crippen molar-refractivity contribution < 1.29 is 4.74 Å². The van der Waals surface area contributed by atoms with E-state index < -0.39 is 0 Å². The van der Waals surface area contributed by atoms with Crippen LogP contribution in [-0.4, -0.2) is 21.9 Å². The molecule has 0 radical (unpaired) electrons. The minimum Gasteiger partial charge on any atom is -0.480 e. The highest BCUT2D eigenvalue weighted by atomic mass is 16.5. The van der Waals surface area contributed by atoms with Crippen LogP contribution in [0.5, 0.6) is 5.88 Å². The molecule has 0 saturated heterocycles. The van der Waals surface area contributed by atoms with Gasteiger partial charge in [0.1, 0.15) is 0 Å². The van der Waals surface area contributed by atoms with Crippen LogP contribution < -0.4 is 10.1 Å². The lowest BCUT2D eigenvalue weighted by molar-refractivity contribution is 0.399. The highest BCUT2D eigenvalue weighted by Crippen LogP contribution is 2.20. The summed E-state index contributed by atoms with van der Waals surface area (Å²) in [6, 6.07) is 15.8. The maximum absolute atomic E-state index is 5.21. The van der Waals surface area contributed by atoms with E-state index in [4.69, 9.17) is 4.74 Å². The predicted octanol–water partition coefficient (Wildman–Crippen LogP) is 2.89. The molecule has 0 spiro atoms. The molecule has 0 saturated carbocycles. The van der Waals surface area contributed by atoms with Crippen LogP contribution in [0.2, 0.25) is 0 Å². The van der Waals surface area contributed by atoms with Crippen molar-refractivity contribution >= 4 is 5.69 Å². The van der Waals surface area contributed by atoms with Gasteiger partial charge in [-0.1, -0.05) is 18.2 Å². The first-order valence-electron chi connectivity index (χ1n) is 6.69. The smallest absolute Gasteiger partial charge is 0.237 e. The second kappa shape index (κ2) is 6.09. The molecule has 2 heterocycles. The molecular formula is C16H16N4O. The number of pyridine rings is 1. The van der Waals surface area contributed by atoms with Gasteiger partial charge in [0, 0.05) is 12.4 Å². The van der Waals surface area contributed by atoms with E-state index >= 15 is 0 Å². The molecule has 0 aliphatic carbocycles. The SMILES string of the molecule is COc1ncccc1NCc1ccn(-c2ccccc2)n1. The lowest BCUT2D eigenvalue weighted by atomic mass is 10.3. The van der Waals surface area contributed by atoms with Crippen LogP contribution in [0.25, 0.3) is 5.69 Å². The summed E-state index contributed by atoms with van der Waals surface area (Å²) in [5.41, 5.74) is 2.85. The molecule has 2 aromatic heterocycles. The maximum atomic E-state index is 5.21. The number of nitrogens with zero attached hydrogens (tertiary/aromatic N) is 3. The number of para-hydroxylation sites is 1. The Hall–Kier alpha value is -2.82. The molecule has 0 aliphatic rings. The minimum absolute atomic E-state index is 0.583. The van der Waals surface area contributed by atoms with E-state index in [-0.39, 0.29) is 0 Å². The molecule has 0 fully saturated rings. The van der Waals surface area contributed by atoms with Gasteiger partial charge in [-0.3, -0.25) is 0 Å². The summed E-state index contributed by atoms with van der Waals surface area (Å²) in [7, 11) is 1.61. The minimum atomic E-state index is 0.583. The molecular weight excluding hydrogens is 264 g/mol. The Labute approximate surface area is 123 Å². The third-order valence-corrected chi connectivity index (χ3v) is 3.09. The van der Waals surface area contributed by atoms with Crippen molar-refractivity contribution in [2.45, 2.75) is 6.54 Å². The molecule has 3 aromatic rings. The molecule has 106 valence electrons. The summed E-state index contributed by atoms with van der Waals surface area (Å²) in [6.45, 7) is 0.613. The average Bonchev–Trinajstić information content (AvgIpc) is 3.03. The second-order valence-electron chi connectivity index (χ2n) is 4.50. The molecule has 5 heteroatoms. The summed E-state index contributed by atoms with van der Waals surface area (Å²) in [6.07, 6.45) is 3.65. The van der Waals surface area contributed by atoms with E-state index in [0.717, 1.165) is 17.1 Å². The van der Waals surface area contributed by atoms with Crippen LogP contribution in [0.3, 0.4) is 0 Å². The van der Waals surface area contributed by atoms with Gasteiger partial charge in [-0.2, -0.15) is 5.10 Å². The number of ether oxygens (including phenoxy) is 1. The van der Waals surface area contributed by atoms with Crippen LogP contribution >= 0.6 is 0 Å². The van der Waals surface area contributed by atoms with Crippen molar-refractivity contribution in [2.24, 2.45) is 0 Å². The Kier molecular flexibility index (Phi) is 3.82. The quantitative estimate of drug-likeness (QED) is 0.780. The summed E-state index contributed by atoms with van der Waals surface area (Å²) >= 11 is 0. The monoisotopic (exact) mass is 280 g/mol. The fraction of sp³-hybridized carbons (Fsp3) is 0.125. The third kappa shape index (κ3) is 3.02. The molecule has 1 aromatic carbocycles.